The summed E-state index contributed by atoms with van der Waals surface area (Å²) in [5.74, 6) is -0.692. The highest BCUT2D eigenvalue weighted by Crippen LogP contribution is 2.28. The predicted octanol–water partition coefficient (Wildman–Crippen LogP) is 3.75. The van der Waals surface area contributed by atoms with E-state index >= 15 is 0 Å². The van der Waals surface area contributed by atoms with Crippen LogP contribution in [0.25, 0.3) is 6.08 Å². The Morgan fingerprint density at radius 3 is 2.46 bits per heavy atom. The zero-order chi connectivity index (χ0) is 25.0. The molecule has 0 bridgehead atoms. The van der Waals surface area contributed by atoms with Crippen molar-refractivity contribution in [2.75, 3.05) is 13.7 Å². The highest BCUT2D eigenvalue weighted by atomic mass is 16.6. The number of benzene rings is 3. The Morgan fingerprint density at radius 1 is 0.971 bits per heavy atom. The van der Waals surface area contributed by atoms with Gasteiger partial charge in [-0.05, 0) is 41.5 Å². The molecule has 0 aliphatic heterocycles. The van der Waals surface area contributed by atoms with E-state index in [-0.39, 0.29) is 17.2 Å². The second kappa shape index (κ2) is 12.3. The second-order valence-corrected chi connectivity index (χ2v) is 6.88. The number of nitro benzene ring substituents is 1. The minimum absolute atomic E-state index is 0.0230. The Kier molecular flexibility index (Phi) is 8.66. The number of amides is 1. The van der Waals surface area contributed by atoms with Gasteiger partial charge in [0.1, 0.15) is 0 Å². The largest absolute Gasteiger partial charge is 0.493 e. The Bertz CT molecular complexity index is 1260. The second-order valence-electron chi connectivity index (χ2n) is 6.88. The molecule has 0 radical (unpaired) electrons. The molecule has 3 aromatic rings. The number of nitrogens with one attached hydrogen (secondary N) is 1. The van der Waals surface area contributed by atoms with E-state index in [4.69, 9.17) is 14.2 Å². The van der Waals surface area contributed by atoms with Crippen LogP contribution in [0.1, 0.15) is 11.1 Å². The minimum atomic E-state index is -0.609. The fourth-order valence-electron chi connectivity index (χ4n) is 2.80. The number of hydrogen-bond donors (Lipinski definition) is 1. The van der Waals surface area contributed by atoms with Crippen molar-refractivity contribution in [1.82, 2.24) is 5.43 Å². The Labute approximate surface area is 200 Å². The molecule has 0 spiro atoms. The van der Waals surface area contributed by atoms with Gasteiger partial charge >= 0.3 is 11.7 Å². The number of methoxy groups -OCH3 is 1. The fraction of sp³-hybridized carbons (Fsp3) is 0.0800. The van der Waals surface area contributed by atoms with Crippen LogP contribution in [0.2, 0.25) is 0 Å². The van der Waals surface area contributed by atoms with E-state index in [1.165, 1.54) is 43.7 Å². The Hall–Kier alpha value is -4.99. The van der Waals surface area contributed by atoms with Crippen molar-refractivity contribution in [3.63, 3.8) is 0 Å². The standard InChI is InChI=1S/C25H21N3O7/c1-33-23-15-19(11-13-22(23)35-25(30)14-12-18-7-3-2-4-8-18)16-26-27-24(29)17-34-21-10-6-5-9-20(21)28(31)32/h2-16H,17H2,1H3,(H,27,29)/b14-12+,26-16-. The molecule has 10 nitrogen and oxygen atoms in total. The first-order valence-electron chi connectivity index (χ1n) is 10.3. The molecule has 0 saturated heterocycles. The van der Waals surface area contributed by atoms with E-state index in [1.807, 2.05) is 30.3 Å². The summed E-state index contributed by atoms with van der Waals surface area (Å²) in [6, 6.07) is 19.8. The maximum atomic E-state index is 12.1. The van der Waals surface area contributed by atoms with Crippen LogP contribution in [0.5, 0.6) is 17.2 Å². The Balaban J connectivity index is 1.54. The van der Waals surface area contributed by atoms with Crippen LogP contribution >= 0.6 is 0 Å². The maximum Gasteiger partial charge on any atom is 0.336 e. The molecule has 0 aliphatic carbocycles. The highest BCUT2D eigenvalue weighted by Gasteiger charge is 2.14. The van der Waals surface area contributed by atoms with Crippen molar-refractivity contribution in [3.05, 3.63) is 100 Å². The summed E-state index contributed by atoms with van der Waals surface area (Å²) in [4.78, 5) is 34.4. The molecular formula is C25H21N3O7. The molecule has 178 valence electrons. The van der Waals surface area contributed by atoms with E-state index < -0.39 is 23.4 Å². The molecule has 0 unspecified atom stereocenters. The number of rotatable bonds is 10. The van der Waals surface area contributed by atoms with Crippen LogP contribution in [0, 0.1) is 10.1 Å². The number of para-hydroxylation sites is 2. The van der Waals surface area contributed by atoms with Crippen LogP contribution in [0.4, 0.5) is 5.69 Å². The summed E-state index contributed by atoms with van der Waals surface area (Å²) in [7, 11) is 1.43. The van der Waals surface area contributed by atoms with Crippen molar-refractivity contribution >= 4 is 29.9 Å². The zero-order valence-corrected chi connectivity index (χ0v) is 18.6. The molecule has 0 saturated carbocycles. The molecule has 0 atom stereocenters. The number of esters is 1. The molecule has 0 heterocycles. The monoisotopic (exact) mass is 475 g/mol. The molecular weight excluding hydrogens is 454 g/mol. The smallest absolute Gasteiger partial charge is 0.336 e. The maximum absolute atomic E-state index is 12.1. The van der Waals surface area contributed by atoms with E-state index in [9.17, 15) is 19.7 Å². The lowest BCUT2D eigenvalue weighted by atomic mass is 10.2. The molecule has 35 heavy (non-hydrogen) atoms. The summed E-state index contributed by atoms with van der Waals surface area (Å²) >= 11 is 0. The molecule has 3 aromatic carbocycles. The van der Waals surface area contributed by atoms with Gasteiger partial charge in [0.25, 0.3) is 5.91 Å². The van der Waals surface area contributed by atoms with E-state index in [0.29, 0.717) is 11.3 Å². The van der Waals surface area contributed by atoms with Crippen LogP contribution in [-0.4, -0.2) is 36.7 Å². The molecule has 0 aliphatic rings. The van der Waals surface area contributed by atoms with Gasteiger partial charge in [-0.1, -0.05) is 42.5 Å². The van der Waals surface area contributed by atoms with Gasteiger partial charge in [0.05, 0.1) is 18.2 Å². The predicted molar refractivity (Wildman–Crippen MR) is 128 cm³/mol. The molecule has 0 aromatic heterocycles. The first-order chi connectivity index (χ1) is 17.0. The number of nitro groups is 1. The Morgan fingerprint density at radius 2 is 1.71 bits per heavy atom. The SMILES string of the molecule is COc1cc(/C=N\NC(=O)COc2ccccc2[N+](=O)[O-])ccc1OC(=O)/C=C/c1ccccc1. The molecule has 0 fully saturated rings. The third-order valence-corrected chi connectivity index (χ3v) is 4.43. The normalized spacial score (nSPS) is 10.8. The highest BCUT2D eigenvalue weighted by molar-refractivity contribution is 5.89. The lowest BCUT2D eigenvalue weighted by Crippen LogP contribution is -2.24. The molecule has 1 N–H and O–H groups in total. The summed E-state index contributed by atoms with van der Waals surface area (Å²) in [6.45, 7) is -0.461. The fourth-order valence-corrected chi connectivity index (χ4v) is 2.80. The average Bonchev–Trinajstić information content (AvgIpc) is 2.87. The van der Waals surface area contributed by atoms with Crippen molar-refractivity contribution in [1.29, 1.82) is 0 Å². The van der Waals surface area contributed by atoms with Crippen molar-refractivity contribution in [2.24, 2.45) is 5.10 Å². The third kappa shape index (κ3) is 7.53. The first kappa shape index (κ1) is 24.6. The van der Waals surface area contributed by atoms with E-state index in [0.717, 1.165) is 5.56 Å². The van der Waals surface area contributed by atoms with Crippen LogP contribution in [0.15, 0.2) is 84.0 Å². The third-order valence-electron chi connectivity index (χ3n) is 4.43. The van der Waals surface area contributed by atoms with Crippen molar-refractivity contribution in [2.45, 2.75) is 0 Å². The van der Waals surface area contributed by atoms with E-state index in [1.54, 1.807) is 24.3 Å². The lowest BCUT2D eigenvalue weighted by molar-refractivity contribution is -0.385. The number of hydrogen-bond acceptors (Lipinski definition) is 8. The summed E-state index contributed by atoms with van der Waals surface area (Å²) < 4.78 is 15.8. The van der Waals surface area contributed by atoms with E-state index in [2.05, 4.69) is 10.5 Å². The van der Waals surface area contributed by atoms with Gasteiger partial charge in [-0.2, -0.15) is 5.10 Å². The number of carbonyl (C=O) groups is 2. The van der Waals surface area contributed by atoms with Gasteiger partial charge < -0.3 is 14.2 Å². The minimum Gasteiger partial charge on any atom is -0.493 e. The van der Waals surface area contributed by atoms with Crippen LogP contribution in [-0.2, 0) is 9.59 Å². The topological polar surface area (TPSA) is 129 Å². The number of carbonyl (C=O) groups excluding carboxylic acids is 2. The molecule has 1 amide bonds. The van der Waals surface area contributed by atoms with Gasteiger partial charge in [0.2, 0.25) is 0 Å². The summed E-state index contributed by atoms with van der Waals surface area (Å²) in [5, 5.41) is 14.8. The number of hydrazone groups is 1. The number of ether oxygens (including phenoxy) is 3. The van der Waals surface area contributed by atoms with Gasteiger partial charge in [0, 0.05) is 12.1 Å². The van der Waals surface area contributed by atoms with Crippen molar-refractivity contribution in [3.8, 4) is 17.2 Å². The molecule has 3 rings (SSSR count). The van der Waals surface area contributed by atoms with Crippen LogP contribution < -0.4 is 19.6 Å². The van der Waals surface area contributed by atoms with Gasteiger partial charge in [-0.25, -0.2) is 10.2 Å². The summed E-state index contributed by atoms with van der Waals surface area (Å²) in [6.07, 6.45) is 4.30. The van der Waals surface area contributed by atoms with Crippen molar-refractivity contribution < 1.29 is 28.7 Å². The quantitative estimate of drug-likeness (QED) is 0.118. The van der Waals surface area contributed by atoms with Gasteiger partial charge in [-0.3, -0.25) is 14.9 Å². The molecule has 10 heteroatoms. The average molecular weight is 475 g/mol. The van der Waals surface area contributed by atoms with Gasteiger partial charge in [-0.15, -0.1) is 0 Å². The summed E-state index contributed by atoms with van der Waals surface area (Å²) in [5.41, 5.74) is 3.44. The van der Waals surface area contributed by atoms with Gasteiger partial charge in [0.15, 0.2) is 23.9 Å². The lowest BCUT2D eigenvalue weighted by Gasteiger charge is -2.08. The number of nitrogens with zero attached hydrogens (tertiary/aromatic N) is 2. The first-order valence-corrected chi connectivity index (χ1v) is 10.3. The van der Waals surface area contributed by atoms with Crippen LogP contribution in [0.3, 0.4) is 0 Å². The zero-order valence-electron chi connectivity index (χ0n) is 18.6.